The molecule has 0 aliphatic rings. The highest BCUT2D eigenvalue weighted by atomic mass is 14.0. The molecule has 0 rings (SSSR count). The van der Waals surface area contributed by atoms with Crippen molar-refractivity contribution in [1.82, 2.24) is 0 Å². The summed E-state index contributed by atoms with van der Waals surface area (Å²) in [5.41, 5.74) is 0. The van der Waals surface area contributed by atoms with Crippen LogP contribution in [-0.2, 0) is 0 Å². The van der Waals surface area contributed by atoms with Crippen molar-refractivity contribution in [3.8, 4) is 0 Å². The highest BCUT2D eigenvalue weighted by molar-refractivity contribution is 4.48. The minimum absolute atomic E-state index is 1.12. The standard InChI is InChI=1S/C13H27/c1-3-5-7-9-11-13-12-10-8-6-4-2/h1,3-13H2,2H3/q-1. The van der Waals surface area contributed by atoms with Crippen LogP contribution in [0, 0.1) is 6.92 Å². The number of hydrogen-bond acceptors (Lipinski definition) is 0. The summed E-state index contributed by atoms with van der Waals surface area (Å²) in [5, 5.41) is 0. The van der Waals surface area contributed by atoms with Gasteiger partial charge in [-0.05, 0) is 0 Å². The van der Waals surface area contributed by atoms with Gasteiger partial charge in [-0.3, -0.25) is 0 Å². The van der Waals surface area contributed by atoms with Crippen LogP contribution in [0.4, 0.5) is 0 Å². The molecule has 0 aromatic rings. The van der Waals surface area contributed by atoms with E-state index in [0.717, 1.165) is 6.42 Å². The lowest BCUT2D eigenvalue weighted by Crippen LogP contribution is -1.81. The SMILES string of the molecule is [CH2-]CCCCCCCCCCCC. The first-order valence-electron chi connectivity index (χ1n) is 6.21. The zero-order valence-corrected chi connectivity index (χ0v) is 9.49. The summed E-state index contributed by atoms with van der Waals surface area (Å²) in [7, 11) is 0. The van der Waals surface area contributed by atoms with E-state index in [0.29, 0.717) is 0 Å². The Bertz CT molecular complexity index is 66.1. The van der Waals surface area contributed by atoms with Gasteiger partial charge in [-0.15, -0.1) is 0 Å². The summed E-state index contributed by atoms with van der Waals surface area (Å²) in [5.74, 6) is 0. The largest absolute Gasteiger partial charge is 0.343 e. The van der Waals surface area contributed by atoms with Gasteiger partial charge in [-0.2, -0.15) is 6.42 Å². The molecule has 0 saturated heterocycles. The third kappa shape index (κ3) is 12.0. The molecule has 0 aromatic heterocycles. The second-order valence-electron chi connectivity index (χ2n) is 4.04. The van der Waals surface area contributed by atoms with Crippen molar-refractivity contribution in [3.63, 3.8) is 0 Å². The van der Waals surface area contributed by atoms with Gasteiger partial charge in [0.2, 0.25) is 0 Å². The second-order valence-corrected chi connectivity index (χ2v) is 4.04. The summed E-state index contributed by atoms with van der Waals surface area (Å²) in [4.78, 5) is 0. The van der Waals surface area contributed by atoms with Crippen molar-refractivity contribution < 1.29 is 0 Å². The molecule has 0 saturated carbocycles. The topological polar surface area (TPSA) is 0 Å². The van der Waals surface area contributed by atoms with E-state index in [9.17, 15) is 0 Å². The van der Waals surface area contributed by atoms with E-state index in [2.05, 4.69) is 13.8 Å². The first kappa shape index (κ1) is 13.0. The third-order valence-corrected chi connectivity index (χ3v) is 2.60. The molecule has 0 nitrogen and oxygen atoms in total. The lowest BCUT2D eigenvalue weighted by molar-refractivity contribution is 0.557. The highest BCUT2D eigenvalue weighted by Gasteiger charge is 1.90. The smallest absolute Gasteiger partial charge is 0.0533 e. The van der Waals surface area contributed by atoms with Crippen LogP contribution in [0.3, 0.4) is 0 Å². The van der Waals surface area contributed by atoms with Gasteiger partial charge in [0.15, 0.2) is 0 Å². The summed E-state index contributed by atoms with van der Waals surface area (Å²) >= 11 is 0. The molecule has 13 heavy (non-hydrogen) atoms. The maximum atomic E-state index is 3.85. The van der Waals surface area contributed by atoms with E-state index in [-0.39, 0.29) is 0 Å². The predicted molar refractivity (Wildman–Crippen MR) is 61.8 cm³/mol. The average Bonchev–Trinajstić information content (AvgIpc) is 2.16. The molecule has 0 fully saturated rings. The Morgan fingerprint density at radius 2 is 1.00 bits per heavy atom. The molecule has 0 bridgehead atoms. The molecule has 0 spiro atoms. The van der Waals surface area contributed by atoms with E-state index in [1.54, 1.807) is 0 Å². The molecule has 0 aliphatic heterocycles. The van der Waals surface area contributed by atoms with Crippen molar-refractivity contribution in [3.05, 3.63) is 6.92 Å². The lowest BCUT2D eigenvalue weighted by Gasteiger charge is -2.01. The fourth-order valence-corrected chi connectivity index (χ4v) is 1.66. The van der Waals surface area contributed by atoms with Crippen LogP contribution in [-0.4, -0.2) is 0 Å². The zero-order valence-electron chi connectivity index (χ0n) is 9.49. The first-order chi connectivity index (χ1) is 6.41. The summed E-state index contributed by atoms with van der Waals surface area (Å²) in [6.45, 7) is 6.13. The molecule has 0 amide bonds. The summed E-state index contributed by atoms with van der Waals surface area (Å²) < 4.78 is 0. The Morgan fingerprint density at radius 3 is 1.38 bits per heavy atom. The average molecular weight is 183 g/mol. The third-order valence-electron chi connectivity index (χ3n) is 2.60. The molecule has 80 valence electrons. The Morgan fingerprint density at radius 1 is 0.615 bits per heavy atom. The van der Waals surface area contributed by atoms with Gasteiger partial charge in [0.05, 0.1) is 0 Å². The van der Waals surface area contributed by atoms with Crippen molar-refractivity contribution in [1.29, 1.82) is 0 Å². The maximum absolute atomic E-state index is 3.85. The molecule has 0 heterocycles. The Balaban J connectivity index is 2.76. The van der Waals surface area contributed by atoms with E-state index in [4.69, 9.17) is 0 Å². The fraction of sp³-hybridized carbons (Fsp3) is 0.923. The van der Waals surface area contributed by atoms with Crippen molar-refractivity contribution >= 4 is 0 Å². The van der Waals surface area contributed by atoms with Gasteiger partial charge in [-0.1, -0.05) is 71.1 Å². The van der Waals surface area contributed by atoms with Crippen LogP contribution in [0.5, 0.6) is 0 Å². The van der Waals surface area contributed by atoms with E-state index in [1.807, 2.05) is 0 Å². The second kappa shape index (κ2) is 12.0. The highest BCUT2D eigenvalue weighted by Crippen LogP contribution is 2.10. The Labute approximate surface area is 85.1 Å². The number of hydrogen-bond donors (Lipinski definition) is 0. The van der Waals surface area contributed by atoms with Crippen LogP contribution in [0.2, 0.25) is 0 Å². The van der Waals surface area contributed by atoms with Crippen molar-refractivity contribution in [2.45, 2.75) is 77.6 Å². The maximum Gasteiger partial charge on any atom is -0.0533 e. The van der Waals surface area contributed by atoms with Crippen LogP contribution in [0.15, 0.2) is 0 Å². The van der Waals surface area contributed by atoms with Crippen LogP contribution < -0.4 is 0 Å². The van der Waals surface area contributed by atoms with Gasteiger partial charge < -0.3 is 6.92 Å². The minimum atomic E-state index is 1.12. The van der Waals surface area contributed by atoms with Crippen LogP contribution in [0.25, 0.3) is 0 Å². The molecule has 0 unspecified atom stereocenters. The predicted octanol–water partition coefficient (Wildman–Crippen LogP) is 5.13. The molecular weight excluding hydrogens is 156 g/mol. The number of unbranched alkanes of at least 4 members (excludes halogenated alkanes) is 10. The van der Waals surface area contributed by atoms with Crippen LogP contribution in [0.1, 0.15) is 77.6 Å². The molecule has 0 atom stereocenters. The molecule has 0 aliphatic carbocycles. The monoisotopic (exact) mass is 183 g/mol. The van der Waals surface area contributed by atoms with E-state index in [1.165, 1.54) is 64.2 Å². The van der Waals surface area contributed by atoms with Gasteiger partial charge >= 0.3 is 0 Å². The molecule has 0 aromatic carbocycles. The van der Waals surface area contributed by atoms with E-state index < -0.39 is 0 Å². The summed E-state index contributed by atoms with van der Waals surface area (Å²) in [6, 6.07) is 0. The van der Waals surface area contributed by atoms with E-state index >= 15 is 0 Å². The van der Waals surface area contributed by atoms with Gasteiger partial charge in [0.25, 0.3) is 0 Å². The lowest BCUT2D eigenvalue weighted by atomic mass is 10.1. The van der Waals surface area contributed by atoms with Crippen LogP contribution >= 0.6 is 0 Å². The number of rotatable bonds is 10. The van der Waals surface area contributed by atoms with Crippen molar-refractivity contribution in [2.75, 3.05) is 0 Å². The fourth-order valence-electron chi connectivity index (χ4n) is 1.66. The minimum Gasteiger partial charge on any atom is -0.343 e. The van der Waals surface area contributed by atoms with Gasteiger partial charge in [-0.25, -0.2) is 0 Å². The molecular formula is C13H27-. The van der Waals surface area contributed by atoms with Gasteiger partial charge in [0.1, 0.15) is 0 Å². The summed E-state index contributed by atoms with van der Waals surface area (Å²) in [6.07, 6.45) is 15.4. The molecule has 0 radical (unpaired) electrons. The zero-order chi connectivity index (χ0) is 9.78. The normalized spacial score (nSPS) is 10.6. The quantitative estimate of drug-likeness (QED) is 0.325. The van der Waals surface area contributed by atoms with Crippen molar-refractivity contribution in [2.24, 2.45) is 0 Å². The van der Waals surface area contributed by atoms with Gasteiger partial charge in [0, 0.05) is 0 Å². The molecule has 0 N–H and O–H groups in total. The molecule has 0 heteroatoms. The first-order valence-corrected chi connectivity index (χ1v) is 6.21. The Kier molecular flexibility index (Phi) is 12.0. The Hall–Kier alpha value is 0.